The van der Waals surface area contributed by atoms with Crippen LogP contribution in [-0.2, 0) is 4.79 Å². The topological polar surface area (TPSA) is 83.7 Å². The molecule has 0 saturated carbocycles. The predicted molar refractivity (Wildman–Crippen MR) is 84.7 cm³/mol. The van der Waals surface area contributed by atoms with Crippen LogP contribution < -0.4 is 0 Å². The van der Waals surface area contributed by atoms with E-state index in [0.29, 0.717) is 27.8 Å². The smallest absolute Gasteiger partial charge is 0.269 e. The van der Waals surface area contributed by atoms with Crippen molar-refractivity contribution in [1.82, 2.24) is 4.90 Å². The van der Waals surface area contributed by atoms with Crippen LogP contribution in [0.5, 0.6) is 0 Å². The van der Waals surface area contributed by atoms with Gasteiger partial charge in [0.1, 0.15) is 4.32 Å². The summed E-state index contributed by atoms with van der Waals surface area (Å²) in [5.41, 5.74) is 0.700. The van der Waals surface area contributed by atoms with Gasteiger partial charge in [0.15, 0.2) is 0 Å². The second-order valence-electron chi connectivity index (χ2n) is 4.26. The number of non-ortho nitro benzene ring substituents is 1. The molecule has 0 unspecified atom stereocenters. The van der Waals surface area contributed by atoms with Crippen molar-refractivity contribution in [2.45, 2.75) is 6.42 Å². The Labute approximate surface area is 130 Å². The molecule has 1 aromatic carbocycles. The number of rotatable bonds is 5. The molecule has 1 aromatic rings. The van der Waals surface area contributed by atoms with Crippen molar-refractivity contribution in [3.8, 4) is 0 Å². The van der Waals surface area contributed by atoms with Gasteiger partial charge in [-0.25, -0.2) is 0 Å². The van der Waals surface area contributed by atoms with Crippen molar-refractivity contribution in [3.63, 3.8) is 0 Å². The zero-order chi connectivity index (χ0) is 15.4. The zero-order valence-corrected chi connectivity index (χ0v) is 12.5. The van der Waals surface area contributed by atoms with Gasteiger partial charge >= 0.3 is 0 Å². The molecule has 0 aromatic heterocycles. The minimum atomic E-state index is -0.474. The fraction of sp³-hybridized carbons (Fsp3) is 0.231. The molecule has 6 nitrogen and oxygen atoms in total. The highest BCUT2D eigenvalue weighted by molar-refractivity contribution is 8.26. The summed E-state index contributed by atoms with van der Waals surface area (Å²) < 4.78 is 0.460. The van der Waals surface area contributed by atoms with Gasteiger partial charge in [0.25, 0.3) is 11.6 Å². The molecule has 1 fully saturated rings. The number of aliphatic hydroxyl groups is 1. The number of nitro groups is 1. The Hall–Kier alpha value is -1.77. The van der Waals surface area contributed by atoms with Gasteiger partial charge in [0, 0.05) is 25.3 Å². The first-order chi connectivity index (χ1) is 10.0. The molecule has 1 saturated heterocycles. The van der Waals surface area contributed by atoms with E-state index in [4.69, 9.17) is 17.3 Å². The van der Waals surface area contributed by atoms with Crippen LogP contribution >= 0.6 is 24.0 Å². The van der Waals surface area contributed by atoms with Crippen molar-refractivity contribution in [2.24, 2.45) is 0 Å². The molecule has 0 spiro atoms. The number of carbonyl (C=O) groups excluding carboxylic acids is 1. The molecule has 0 bridgehead atoms. The molecule has 1 amide bonds. The van der Waals surface area contributed by atoms with Gasteiger partial charge in [-0.3, -0.25) is 19.8 Å². The van der Waals surface area contributed by atoms with Gasteiger partial charge in [-0.15, -0.1) is 0 Å². The Morgan fingerprint density at radius 1 is 1.38 bits per heavy atom. The molecule has 1 N–H and O–H groups in total. The molecular weight excluding hydrogens is 312 g/mol. The number of hydrogen-bond acceptors (Lipinski definition) is 6. The fourth-order valence-electron chi connectivity index (χ4n) is 1.77. The highest BCUT2D eigenvalue weighted by atomic mass is 32.2. The summed E-state index contributed by atoms with van der Waals surface area (Å²) in [5.74, 6) is -0.197. The highest BCUT2D eigenvalue weighted by Gasteiger charge is 2.31. The summed E-state index contributed by atoms with van der Waals surface area (Å²) in [6, 6.07) is 5.94. The number of aliphatic hydroxyl groups excluding tert-OH is 1. The lowest BCUT2D eigenvalue weighted by Gasteiger charge is -2.12. The van der Waals surface area contributed by atoms with Crippen LogP contribution in [0.25, 0.3) is 6.08 Å². The van der Waals surface area contributed by atoms with Crippen molar-refractivity contribution < 1.29 is 14.8 Å². The van der Waals surface area contributed by atoms with Crippen LogP contribution in [0.1, 0.15) is 12.0 Å². The fourth-order valence-corrected chi connectivity index (χ4v) is 3.07. The second kappa shape index (κ2) is 6.79. The zero-order valence-electron chi connectivity index (χ0n) is 10.9. The van der Waals surface area contributed by atoms with E-state index in [0.717, 1.165) is 0 Å². The lowest BCUT2D eigenvalue weighted by molar-refractivity contribution is -0.384. The molecule has 0 atom stereocenters. The van der Waals surface area contributed by atoms with Gasteiger partial charge in [-0.1, -0.05) is 24.0 Å². The minimum absolute atomic E-state index is 0.00153. The van der Waals surface area contributed by atoms with Crippen molar-refractivity contribution in [1.29, 1.82) is 0 Å². The lowest BCUT2D eigenvalue weighted by Crippen LogP contribution is -2.29. The molecule has 2 rings (SSSR count). The number of thiocarbonyl (C=S) groups is 1. The average molecular weight is 324 g/mol. The lowest BCUT2D eigenvalue weighted by atomic mass is 10.2. The molecule has 1 heterocycles. The molecule has 21 heavy (non-hydrogen) atoms. The van der Waals surface area contributed by atoms with Crippen LogP contribution in [0.2, 0.25) is 0 Å². The average Bonchev–Trinajstić information content (AvgIpc) is 2.72. The Morgan fingerprint density at radius 3 is 2.62 bits per heavy atom. The van der Waals surface area contributed by atoms with Crippen molar-refractivity contribution in [3.05, 3.63) is 44.8 Å². The first-order valence-electron chi connectivity index (χ1n) is 6.13. The van der Waals surface area contributed by atoms with Crippen molar-refractivity contribution in [2.75, 3.05) is 13.2 Å². The maximum atomic E-state index is 12.2. The Bertz CT molecular complexity index is 613. The molecule has 8 heteroatoms. The summed E-state index contributed by atoms with van der Waals surface area (Å²) in [5, 5.41) is 19.4. The molecule has 110 valence electrons. The van der Waals surface area contributed by atoms with Crippen LogP contribution in [0.15, 0.2) is 29.2 Å². The summed E-state index contributed by atoms with van der Waals surface area (Å²) in [6.07, 6.45) is 2.12. The number of nitrogens with zero attached hydrogens (tertiary/aromatic N) is 2. The normalized spacial score (nSPS) is 16.8. The third kappa shape index (κ3) is 3.66. The van der Waals surface area contributed by atoms with Crippen LogP contribution in [0, 0.1) is 10.1 Å². The number of amides is 1. The van der Waals surface area contributed by atoms with E-state index in [1.165, 1.54) is 28.8 Å². The Balaban J connectivity index is 2.16. The SMILES string of the molecule is O=C1/C(=C/c2ccc([N+](=O)[O-])cc2)SC(=S)N1CCCO. The van der Waals surface area contributed by atoms with Crippen LogP contribution in [-0.4, -0.2) is 38.3 Å². The highest BCUT2D eigenvalue weighted by Crippen LogP contribution is 2.32. The third-order valence-electron chi connectivity index (χ3n) is 2.82. The van der Waals surface area contributed by atoms with Gasteiger partial charge in [0.05, 0.1) is 9.83 Å². The van der Waals surface area contributed by atoms with Crippen LogP contribution in [0.4, 0.5) is 5.69 Å². The summed E-state index contributed by atoms with van der Waals surface area (Å²) >= 11 is 6.33. The molecule has 1 aliphatic rings. The summed E-state index contributed by atoms with van der Waals surface area (Å²) in [6.45, 7) is 0.386. The number of carbonyl (C=O) groups is 1. The van der Waals surface area contributed by atoms with E-state index >= 15 is 0 Å². The van der Waals surface area contributed by atoms with E-state index in [-0.39, 0.29) is 18.2 Å². The molecule has 1 aliphatic heterocycles. The third-order valence-corrected chi connectivity index (χ3v) is 4.19. The molecular formula is C13H12N2O4S2. The quantitative estimate of drug-likeness (QED) is 0.387. The molecule has 0 aliphatic carbocycles. The molecule has 0 radical (unpaired) electrons. The van der Waals surface area contributed by atoms with E-state index in [2.05, 4.69) is 0 Å². The first kappa shape index (κ1) is 15.6. The maximum Gasteiger partial charge on any atom is 0.269 e. The standard InChI is InChI=1S/C13H12N2O4S2/c16-7-1-6-14-12(17)11(21-13(14)20)8-9-2-4-10(5-3-9)15(18)19/h2-5,8,16H,1,6-7H2/b11-8-. The Morgan fingerprint density at radius 2 is 2.05 bits per heavy atom. The number of thioether (sulfide) groups is 1. The maximum absolute atomic E-state index is 12.2. The summed E-state index contributed by atoms with van der Waals surface area (Å²) in [7, 11) is 0. The minimum Gasteiger partial charge on any atom is -0.396 e. The monoisotopic (exact) mass is 324 g/mol. The van der Waals surface area contributed by atoms with E-state index in [1.807, 2.05) is 0 Å². The van der Waals surface area contributed by atoms with Gasteiger partial charge in [-0.2, -0.15) is 0 Å². The van der Waals surface area contributed by atoms with Gasteiger partial charge < -0.3 is 5.11 Å². The van der Waals surface area contributed by atoms with Gasteiger partial charge in [-0.05, 0) is 30.2 Å². The second-order valence-corrected chi connectivity index (χ2v) is 5.93. The van der Waals surface area contributed by atoms with E-state index in [9.17, 15) is 14.9 Å². The van der Waals surface area contributed by atoms with E-state index < -0.39 is 4.92 Å². The van der Waals surface area contributed by atoms with E-state index in [1.54, 1.807) is 18.2 Å². The number of benzene rings is 1. The van der Waals surface area contributed by atoms with Crippen LogP contribution in [0.3, 0.4) is 0 Å². The van der Waals surface area contributed by atoms with Crippen molar-refractivity contribution >= 4 is 46.0 Å². The predicted octanol–water partition coefficient (Wildman–Crippen LogP) is 2.18. The first-order valence-corrected chi connectivity index (χ1v) is 7.36. The summed E-state index contributed by atoms with van der Waals surface area (Å²) in [4.78, 5) is 24.2. The van der Waals surface area contributed by atoms with Gasteiger partial charge in [0.2, 0.25) is 0 Å². The Kier molecular flexibility index (Phi) is 5.05. The largest absolute Gasteiger partial charge is 0.396 e. The number of hydrogen-bond donors (Lipinski definition) is 1. The number of nitro benzene ring substituents is 1.